The maximum Gasteiger partial charge on any atom is 0.227 e. The van der Waals surface area contributed by atoms with Crippen molar-refractivity contribution in [1.29, 1.82) is 0 Å². The van der Waals surface area contributed by atoms with Crippen LogP contribution in [0.4, 0.5) is 0 Å². The zero-order valence-electron chi connectivity index (χ0n) is 11.6. The molecule has 1 fully saturated rings. The quantitative estimate of drug-likeness (QED) is 0.933. The van der Waals surface area contributed by atoms with Crippen LogP contribution in [0.25, 0.3) is 0 Å². The Labute approximate surface area is 125 Å². The molecule has 2 rings (SSSR count). The second-order valence-electron chi connectivity index (χ2n) is 5.58. The van der Waals surface area contributed by atoms with Crippen LogP contribution in [0.15, 0.2) is 17.5 Å². The summed E-state index contributed by atoms with van der Waals surface area (Å²) in [6.07, 6.45) is 4.15. The number of nitrogens with two attached hydrogens (primary N) is 1. The molecule has 0 aromatic carbocycles. The van der Waals surface area contributed by atoms with Gasteiger partial charge in [0, 0.05) is 17.5 Å². The van der Waals surface area contributed by atoms with Gasteiger partial charge in [-0.05, 0) is 31.2 Å². The average molecular weight is 303 g/mol. The second kappa shape index (κ2) is 6.73. The zero-order valence-corrected chi connectivity index (χ0v) is 13.2. The van der Waals surface area contributed by atoms with Crippen molar-refractivity contribution in [2.75, 3.05) is 7.05 Å². The highest BCUT2D eigenvalue weighted by molar-refractivity contribution is 7.09. The van der Waals surface area contributed by atoms with Gasteiger partial charge in [0.2, 0.25) is 5.91 Å². The van der Waals surface area contributed by atoms with E-state index in [0.29, 0.717) is 6.54 Å². The molecule has 1 heterocycles. The summed E-state index contributed by atoms with van der Waals surface area (Å²) in [7, 11) is 1.88. The van der Waals surface area contributed by atoms with E-state index in [1.165, 1.54) is 4.88 Å². The van der Waals surface area contributed by atoms with Gasteiger partial charge in [-0.25, -0.2) is 0 Å². The van der Waals surface area contributed by atoms with E-state index in [1.54, 1.807) is 11.3 Å². The normalized spacial score (nSPS) is 26.6. The van der Waals surface area contributed by atoms with Gasteiger partial charge in [-0.2, -0.15) is 0 Å². The molecule has 0 radical (unpaired) electrons. The first-order valence-electron chi connectivity index (χ1n) is 6.57. The molecule has 3 nitrogen and oxygen atoms in total. The highest BCUT2D eigenvalue weighted by atomic mass is 35.5. The molecule has 1 aromatic heterocycles. The Morgan fingerprint density at radius 1 is 1.58 bits per heavy atom. The third-order valence-corrected chi connectivity index (χ3v) is 4.76. The molecule has 2 unspecified atom stereocenters. The van der Waals surface area contributed by atoms with E-state index in [-0.39, 0.29) is 29.8 Å². The summed E-state index contributed by atoms with van der Waals surface area (Å²) in [4.78, 5) is 15.5. The number of thiophene rings is 1. The molecular formula is C14H23ClN2OS. The predicted molar refractivity (Wildman–Crippen MR) is 82.6 cm³/mol. The van der Waals surface area contributed by atoms with E-state index in [0.717, 1.165) is 25.7 Å². The predicted octanol–water partition coefficient (Wildman–Crippen LogP) is 3.04. The van der Waals surface area contributed by atoms with Gasteiger partial charge in [-0.15, -0.1) is 23.7 Å². The summed E-state index contributed by atoms with van der Waals surface area (Å²) in [5.74, 6) is 0.185. The van der Waals surface area contributed by atoms with E-state index >= 15 is 0 Å². The monoisotopic (exact) mass is 302 g/mol. The van der Waals surface area contributed by atoms with Crippen molar-refractivity contribution in [1.82, 2.24) is 4.90 Å². The first kappa shape index (κ1) is 16.5. The molecule has 1 saturated carbocycles. The molecule has 0 aliphatic heterocycles. The highest BCUT2D eigenvalue weighted by Crippen LogP contribution is 2.33. The molecule has 19 heavy (non-hydrogen) atoms. The Morgan fingerprint density at radius 3 is 2.89 bits per heavy atom. The summed E-state index contributed by atoms with van der Waals surface area (Å²) in [5, 5.41) is 2.04. The average Bonchev–Trinajstić information content (AvgIpc) is 2.80. The fraction of sp³-hybridized carbons (Fsp3) is 0.643. The maximum absolute atomic E-state index is 12.5. The van der Waals surface area contributed by atoms with E-state index in [9.17, 15) is 4.79 Å². The number of hydrogen-bond donors (Lipinski definition) is 1. The Bertz CT molecular complexity index is 406. The molecule has 1 amide bonds. The lowest BCUT2D eigenvalue weighted by Crippen LogP contribution is -2.52. The van der Waals surface area contributed by atoms with E-state index in [1.807, 2.05) is 30.3 Å². The molecule has 1 aliphatic rings. The van der Waals surface area contributed by atoms with Crippen molar-refractivity contribution in [2.24, 2.45) is 11.7 Å². The van der Waals surface area contributed by atoms with Gasteiger partial charge < -0.3 is 10.6 Å². The number of rotatable bonds is 3. The molecule has 0 bridgehead atoms. The van der Waals surface area contributed by atoms with Gasteiger partial charge in [0.05, 0.1) is 12.5 Å². The van der Waals surface area contributed by atoms with Crippen LogP contribution < -0.4 is 5.73 Å². The van der Waals surface area contributed by atoms with Crippen molar-refractivity contribution in [2.45, 2.75) is 44.7 Å². The number of amides is 1. The standard InChI is InChI=1S/C14H22N2OS.ClH/c1-14(15)8-4-3-7-12(14)13(17)16(2)10-11-6-5-9-18-11;/h5-6,9,12H,3-4,7-8,10,15H2,1-2H3;1H. The van der Waals surface area contributed by atoms with Gasteiger partial charge in [0.1, 0.15) is 0 Å². The van der Waals surface area contributed by atoms with Crippen LogP contribution >= 0.6 is 23.7 Å². The lowest BCUT2D eigenvalue weighted by molar-refractivity contribution is -0.138. The Morgan fingerprint density at radius 2 is 2.32 bits per heavy atom. The van der Waals surface area contributed by atoms with Crippen LogP contribution in [0, 0.1) is 5.92 Å². The van der Waals surface area contributed by atoms with Crippen molar-refractivity contribution in [3.8, 4) is 0 Å². The van der Waals surface area contributed by atoms with Gasteiger partial charge in [-0.1, -0.05) is 18.9 Å². The number of carbonyl (C=O) groups is 1. The number of nitrogens with zero attached hydrogens (tertiary/aromatic N) is 1. The van der Waals surface area contributed by atoms with Crippen LogP contribution in [0.1, 0.15) is 37.5 Å². The van der Waals surface area contributed by atoms with Crippen LogP contribution in [0.3, 0.4) is 0 Å². The third-order valence-electron chi connectivity index (χ3n) is 3.90. The Balaban J connectivity index is 0.00000180. The maximum atomic E-state index is 12.5. The summed E-state index contributed by atoms with van der Waals surface area (Å²) in [6, 6.07) is 4.09. The molecule has 5 heteroatoms. The molecule has 1 aliphatic carbocycles. The van der Waals surface area contributed by atoms with Crippen molar-refractivity contribution >= 4 is 29.7 Å². The van der Waals surface area contributed by atoms with Gasteiger partial charge in [0.15, 0.2) is 0 Å². The molecule has 108 valence electrons. The third kappa shape index (κ3) is 3.94. The van der Waals surface area contributed by atoms with Crippen molar-refractivity contribution in [3.63, 3.8) is 0 Å². The molecule has 0 spiro atoms. The lowest BCUT2D eigenvalue weighted by Gasteiger charge is -2.39. The van der Waals surface area contributed by atoms with Crippen LogP contribution in [-0.4, -0.2) is 23.4 Å². The van der Waals surface area contributed by atoms with Gasteiger partial charge in [-0.3, -0.25) is 4.79 Å². The highest BCUT2D eigenvalue weighted by Gasteiger charge is 2.39. The summed E-state index contributed by atoms with van der Waals surface area (Å²) in [5.41, 5.74) is 5.95. The smallest absolute Gasteiger partial charge is 0.227 e. The fourth-order valence-electron chi connectivity index (χ4n) is 2.74. The van der Waals surface area contributed by atoms with Crippen LogP contribution in [-0.2, 0) is 11.3 Å². The Hall–Kier alpha value is -0.580. The summed E-state index contributed by atoms with van der Waals surface area (Å²) >= 11 is 1.69. The Kier molecular flexibility index (Phi) is 5.83. The largest absolute Gasteiger partial charge is 0.340 e. The minimum absolute atomic E-state index is 0. The minimum atomic E-state index is -0.334. The molecule has 2 atom stereocenters. The summed E-state index contributed by atoms with van der Waals surface area (Å²) in [6.45, 7) is 2.72. The van der Waals surface area contributed by atoms with Crippen LogP contribution in [0.5, 0.6) is 0 Å². The first-order valence-corrected chi connectivity index (χ1v) is 7.45. The fourth-order valence-corrected chi connectivity index (χ4v) is 3.50. The number of hydrogen-bond acceptors (Lipinski definition) is 3. The van der Waals surface area contributed by atoms with Crippen molar-refractivity contribution in [3.05, 3.63) is 22.4 Å². The first-order chi connectivity index (χ1) is 8.50. The van der Waals surface area contributed by atoms with Crippen LogP contribution in [0.2, 0.25) is 0 Å². The molecule has 1 aromatic rings. The van der Waals surface area contributed by atoms with Gasteiger partial charge in [0.25, 0.3) is 0 Å². The SMILES string of the molecule is CN(Cc1cccs1)C(=O)C1CCCCC1(C)N.Cl. The van der Waals surface area contributed by atoms with Gasteiger partial charge >= 0.3 is 0 Å². The molecular weight excluding hydrogens is 280 g/mol. The second-order valence-corrected chi connectivity index (χ2v) is 6.61. The molecule has 0 saturated heterocycles. The zero-order chi connectivity index (χ0) is 13.2. The number of halogens is 1. The summed E-state index contributed by atoms with van der Waals surface area (Å²) < 4.78 is 0. The van der Waals surface area contributed by atoms with E-state index < -0.39 is 0 Å². The lowest BCUT2D eigenvalue weighted by atomic mass is 9.74. The topological polar surface area (TPSA) is 46.3 Å². The number of carbonyl (C=O) groups excluding carboxylic acids is 1. The van der Waals surface area contributed by atoms with E-state index in [2.05, 4.69) is 6.07 Å². The molecule has 2 N–H and O–H groups in total. The minimum Gasteiger partial charge on any atom is -0.340 e. The van der Waals surface area contributed by atoms with Crippen molar-refractivity contribution < 1.29 is 4.79 Å². The van der Waals surface area contributed by atoms with E-state index in [4.69, 9.17) is 5.73 Å².